The van der Waals surface area contributed by atoms with Gasteiger partial charge in [0.2, 0.25) is 0 Å². The molecule has 0 fully saturated rings. The summed E-state index contributed by atoms with van der Waals surface area (Å²) >= 11 is 0. The molecule has 1 heterocycles. The maximum atomic E-state index is 11.2. The Hall–Kier alpha value is -2.30. The van der Waals surface area contributed by atoms with Crippen molar-refractivity contribution in [2.45, 2.75) is 0 Å². The van der Waals surface area contributed by atoms with Gasteiger partial charge < -0.3 is 13.9 Å². The van der Waals surface area contributed by atoms with Crippen LogP contribution in [0.25, 0.3) is 11.0 Å². The number of Topliss-reactive ketones (excluding diaryl/α,β-unsaturated/α-hetero) is 1. The molecule has 0 saturated carbocycles. The summed E-state index contributed by atoms with van der Waals surface area (Å²) in [5, 5.41) is 0.624. The van der Waals surface area contributed by atoms with Gasteiger partial charge in [0, 0.05) is 12.1 Å². The fourth-order valence-electron chi connectivity index (χ4n) is 1.55. The Morgan fingerprint density at radius 1 is 1.24 bits per heavy atom. The Labute approximate surface area is 96.9 Å². The number of methoxy groups -OCH3 is 2. The van der Waals surface area contributed by atoms with Crippen molar-refractivity contribution in [2.75, 3.05) is 14.2 Å². The molecule has 0 aliphatic heterocycles. The van der Waals surface area contributed by atoms with E-state index in [4.69, 9.17) is 13.9 Å². The molecule has 0 N–H and O–H groups in total. The number of hydrogen-bond acceptors (Lipinski definition) is 5. The smallest absolute Gasteiger partial charge is 0.260 e. The average molecular weight is 234 g/mol. The highest BCUT2D eigenvalue weighted by molar-refractivity contribution is 6.32. The number of rotatable bonds is 4. The van der Waals surface area contributed by atoms with E-state index in [9.17, 15) is 9.59 Å². The summed E-state index contributed by atoms with van der Waals surface area (Å²) in [6.45, 7) is 0. The lowest BCUT2D eigenvalue weighted by atomic mass is 10.2. The van der Waals surface area contributed by atoms with Gasteiger partial charge in [-0.1, -0.05) is 0 Å². The Balaban J connectivity index is 2.66. The van der Waals surface area contributed by atoms with Crippen LogP contribution in [0.3, 0.4) is 0 Å². The molecule has 0 aliphatic carbocycles. The lowest BCUT2D eigenvalue weighted by molar-refractivity contribution is -0.104. The number of furan rings is 1. The average Bonchev–Trinajstić information content (AvgIpc) is 2.80. The second-order valence-electron chi connectivity index (χ2n) is 3.33. The minimum Gasteiger partial charge on any atom is -0.496 e. The van der Waals surface area contributed by atoms with E-state index in [1.807, 2.05) is 0 Å². The van der Waals surface area contributed by atoms with Gasteiger partial charge in [0.05, 0.1) is 19.6 Å². The first kappa shape index (κ1) is 11.2. The third-order valence-electron chi connectivity index (χ3n) is 2.38. The first-order chi connectivity index (χ1) is 8.19. The van der Waals surface area contributed by atoms with E-state index in [2.05, 4.69) is 0 Å². The second kappa shape index (κ2) is 4.29. The van der Waals surface area contributed by atoms with Crippen molar-refractivity contribution < 1.29 is 23.5 Å². The number of ketones is 1. The monoisotopic (exact) mass is 234 g/mol. The molecule has 5 heteroatoms. The molecule has 17 heavy (non-hydrogen) atoms. The van der Waals surface area contributed by atoms with E-state index in [0.717, 1.165) is 0 Å². The van der Waals surface area contributed by atoms with Crippen LogP contribution < -0.4 is 9.47 Å². The summed E-state index contributed by atoms with van der Waals surface area (Å²) < 4.78 is 15.5. The Bertz CT molecular complexity index is 582. The van der Waals surface area contributed by atoms with Gasteiger partial charge in [0.15, 0.2) is 12.0 Å². The van der Waals surface area contributed by atoms with Crippen LogP contribution in [0.1, 0.15) is 10.6 Å². The lowest BCUT2D eigenvalue weighted by Crippen LogP contribution is -1.96. The fraction of sp³-hybridized carbons (Fsp3) is 0.167. The zero-order valence-electron chi connectivity index (χ0n) is 9.35. The Kier molecular flexibility index (Phi) is 2.82. The van der Waals surface area contributed by atoms with Crippen LogP contribution >= 0.6 is 0 Å². The van der Waals surface area contributed by atoms with Gasteiger partial charge in [-0.15, -0.1) is 0 Å². The standard InChI is InChI=1S/C12H10O5/c1-15-7-3-10(16-2)8-5-12(9(14)6-13)17-11(8)4-7/h3-6H,1-2H3. The Morgan fingerprint density at radius 3 is 2.59 bits per heavy atom. The molecule has 0 saturated heterocycles. The van der Waals surface area contributed by atoms with Crippen LogP contribution in [-0.4, -0.2) is 26.3 Å². The molecule has 0 atom stereocenters. The first-order valence-electron chi connectivity index (χ1n) is 4.84. The molecule has 2 aromatic rings. The molecular formula is C12H10O5. The van der Waals surface area contributed by atoms with Gasteiger partial charge >= 0.3 is 0 Å². The van der Waals surface area contributed by atoms with Crippen LogP contribution in [0.5, 0.6) is 11.5 Å². The maximum Gasteiger partial charge on any atom is 0.260 e. The van der Waals surface area contributed by atoms with E-state index in [-0.39, 0.29) is 12.0 Å². The lowest BCUT2D eigenvalue weighted by Gasteiger charge is -2.04. The molecule has 1 aromatic heterocycles. The highest BCUT2D eigenvalue weighted by Crippen LogP contribution is 2.33. The SMILES string of the molecule is COc1cc(OC)c2cc(C(=O)C=O)oc2c1. The molecule has 1 aromatic carbocycles. The molecule has 0 aliphatic rings. The van der Waals surface area contributed by atoms with E-state index < -0.39 is 5.78 Å². The predicted octanol–water partition coefficient (Wildman–Crippen LogP) is 1.83. The number of aldehydes is 1. The maximum absolute atomic E-state index is 11.2. The van der Waals surface area contributed by atoms with Crippen molar-refractivity contribution in [3.63, 3.8) is 0 Å². The number of carbonyl (C=O) groups is 2. The van der Waals surface area contributed by atoms with Crippen LogP contribution in [0.2, 0.25) is 0 Å². The third kappa shape index (κ3) is 1.87. The van der Waals surface area contributed by atoms with E-state index in [1.165, 1.54) is 20.3 Å². The zero-order valence-corrected chi connectivity index (χ0v) is 9.35. The number of ether oxygens (including phenoxy) is 2. The number of carbonyl (C=O) groups excluding carboxylic acids is 2. The molecule has 0 unspecified atom stereocenters. The molecule has 0 spiro atoms. The molecule has 88 valence electrons. The highest BCUT2D eigenvalue weighted by Gasteiger charge is 2.15. The normalized spacial score (nSPS) is 10.2. The van der Waals surface area contributed by atoms with Crippen LogP contribution in [0, 0.1) is 0 Å². The van der Waals surface area contributed by atoms with Crippen LogP contribution in [0.4, 0.5) is 0 Å². The quantitative estimate of drug-likeness (QED) is 0.458. The summed E-state index contributed by atoms with van der Waals surface area (Å²) in [7, 11) is 3.02. The minimum atomic E-state index is -0.706. The summed E-state index contributed by atoms with van der Waals surface area (Å²) in [4.78, 5) is 21.6. The van der Waals surface area contributed by atoms with Gasteiger partial charge in [0.25, 0.3) is 5.78 Å². The number of benzene rings is 1. The molecule has 0 amide bonds. The van der Waals surface area contributed by atoms with Crippen molar-refractivity contribution in [1.29, 1.82) is 0 Å². The van der Waals surface area contributed by atoms with Crippen molar-refractivity contribution in [1.82, 2.24) is 0 Å². The third-order valence-corrected chi connectivity index (χ3v) is 2.38. The van der Waals surface area contributed by atoms with E-state index in [0.29, 0.717) is 22.5 Å². The summed E-state index contributed by atoms with van der Waals surface area (Å²) in [5.41, 5.74) is 0.436. The van der Waals surface area contributed by atoms with Crippen LogP contribution in [0.15, 0.2) is 22.6 Å². The van der Waals surface area contributed by atoms with Crippen LogP contribution in [-0.2, 0) is 4.79 Å². The van der Waals surface area contributed by atoms with Gasteiger partial charge in [-0.3, -0.25) is 9.59 Å². The predicted molar refractivity (Wildman–Crippen MR) is 59.7 cm³/mol. The van der Waals surface area contributed by atoms with Crippen molar-refractivity contribution in [3.8, 4) is 11.5 Å². The second-order valence-corrected chi connectivity index (χ2v) is 3.33. The highest BCUT2D eigenvalue weighted by atomic mass is 16.5. The summed E-state index contributed by atoms with van der Waals surface area (Å²) in [5.74, 6) is 0.352. The van der Waals surface area contributed by atoms with Gasteiger partial charge in [-0.25, -0.2) is 0 Å². The first-order valence-corrected chi connectivity index (χ1v) is 4.84. The molecule has 0 radical (unpaired) electrons. The molecule has 2 rings (SSSR count). The molecule has 0 bridgehead atoms. The molecular weight excluding hydrogens is 224 g/mol. The zero-order chi connectivity index (χ0) is 12.4. The topological polar surface area (TPSA) is 65.7 Å². The number of fused-ring (bicyclic) bond motifs is 1. The van der Waals surface area contributed by atoms with E-state index >= 15 is 0 Å². The summed E-state index contributed by atoms with van der Waals surface area (Å²) in [6, 6.07) is 4.77. The van der Waals surface area contributed by atoms with Crippen molar-refractivity contribution in [2.24, 2.45) is 0 Å². The van der Waals surface area contributed by atoms with E-state index in [1.54, 1.807) is 12.1 Å². The Morgan fingerprint density at radius 2 is 2.00 bits per heavy atom. The largest absolute Gasteiger partial charge is 0.496 e. The van der Waals surface area contributed by atoms with Crippen molar-refractivity contribution >= 4 is 23.0 Å². The minimum absolute atomic E-state index is 0.0125. The van der Waals surface area contributed by atoms with Gasteiger partial charge in [0.1, 0.15) is 17.1 Å². The van der Waals surface area contributed by atoms with Crippen molar-refractivity contribution in [3.05, 3.63) is 24.0 Å². The number of hydrogen-bond donors (Lipinski definition) is 0. The van der Waals surface area contributed by atoms with Gasteiger partial charge in [-0.2, -0.15) is 0 Å². The fourth-order valence-corrected chi connectivity index (χ4v) is 1.55. The molecule has 5 nitrogen and oxygen atoms in total. The van der Waals surface area contributed by atoms with Gasteiger partial charge in [-0.05, 0) is 6.07 Å². The summed E-state index contributed by atoms with van der Waals surface area (Å²) in [6.07, 6.45) is 0.210.